The summed E-state index contributed by atoms with van der Waals surface area (Å²) < 4.78 is 0. The summed E-state index contributed by atoms with van der Waals surface area (Å²) >= 11 is 0. The Balaban J connectivity index is 2.53. The average molecular weight is 353 g/mol. The summed E-state index contributed by atoms with van der Waals surface area (Å²) in [6, 6.07) is 9.16. The SMILES string of the molecule is CCc1cc(Cc2cc(C(C)C)c(N)c(C(C)C)c2)cc(C(C)C)c1N. The van der Waals surface area contributed by atoms with Gasteiger partial charge in [0.1, 0.15) is 0 Å². The zero-order valence-corrected chi connectivity index (χ0v) is 17.6. The molecule has 0 amide bonds. The Morgan fingerprint density at radius 1 is 0.654 bits per heavy atom. The van der Waals surface area contributed by atoms with Crippen LogP contribution in [0.1, 0.15) is 99.6 Å². The number of nitrogen functional groups attached to an aromatic ring is 2. The van der Waals surface area contributed by atoms with Gasteiger partial charge in [-0.1, -0.05) is 72.7 Å². The van der Waals surface area contributed by atoms with E-state index in [1.807, 2.05) is 0 Å². The molecule has 0 aliphatic heterocycles. The number of aryl methyl sites for hydroxylation is 1. The molecular formula is C24H36N2. The fourth-order valence-corrected chi connectivity index (χ4v) is 3.73. The maximum absolute atomic E-state index is 6.46. The van der Waals surface area contributed by atoms with Gasteiger partial charge in [-0.3, -0.25) is 0 Å². The van der Waals surface area contributed by atoms with Crippen LogP contribution in [-0.4, -0.2) is 0 Å². The van der Waals surface area contributed by atoms with Crippen LogP contribution < -0.4 is 11.5 Å². The smallest absolute Gasteiger partial charge is 0.0384 e. The van der Waals surface area contributed by atoms with E-state index in [4.69, 9.17) is 11.5 Å². The molecule has 2 aromatic rings. The maximum atomic E-state index is 6.46. The molecule has 0 aromatic heterocycles. The lowest BCUT2D eigenvalue weighted by Crippen LogP contribution is -2.06. The Morgan fingerprint density at radius 2 is 1.04 bits per heavy atom. The average Bonchev–Trinajstić information content (AvgIpc) is 2.56. The van der Waals surface area contributed by atoms with Gasteiger partial charge in [-0.25, -0.2) is 0 Å². The molecule has 2 nitrogen and oxygen atoms in total. The lowest BCUT2D eigenvalue weighted by atomic mass is 9.87. The molecule has 0 aliphatic carbocycles. The van der Waals surface area contributed by atoms with Crippen LogP contribution >= 0.6 is 0 Å². The second-order valence-electron chi connectivity index (χ2n) is 8.44. The molecule has 0 radical (unpaired) electrons. The predicted octanol–water partition coefficient (Wildman–Crippen LogP) is 6.37. The first-order valence-corrected chi connectivity index (χ1v) is 9.98. The molecule has 0 atom stereocenters. The molecule has 0 saturated heterocycles. The van der Waals surface area contributed by atoms with Crippen molar-refractivity contribution in [3.05, 3.63) is 57.6 Å². The lowest BCUT2D eigenvalue weighted by Gasteiger charge is -2.20. The van der Waals surface area contributed by atoms with Crippen LogP contribution in [0.25, 0.3) is 0 Å². The molecule has 4 N–H and O–H groups in total. The van der Waals surface area contributed by atoms with Gasteiger partial charge in [0, 0.05) is 11.4 Å². The summed E-state index contributed by atoms with van der Waals surface area (Å²) in [5.41, 5.74) is 22.5. The Hall–Kier alpha value is -1.96. The van der Waals surface area contributed by atoms with Crippen molar-refractivity contribution in [2.24, 2.45) is 0 Å². The number of benzene rings is 2. The van der Waals surface area contributed by atoms with Gasteiger partial charge in [-0.15, -0.1) is 0 Å². The number of anilines is 2. The highest BCUT2D eigenvalue weighted by Gasteiger charge is 2.15. The van der Waals surface area contributed by atoms with Crippen molar-refractivity contribution in [3.63, 3.8) is 0 Å². The van der Waals surface area contributed by atoms with Gasteiger partial charge >= 0.3 is 0 Å². The minimum Gasteiger partial charge on any atom is -0.398 e. The van der Waals surface area contributed by atoms with Crippen molar-refractivity contribution in [3.8, 4) is 0 Å². The number of hydrogen-bond donors (Lipinski definition) is 2. The third-order valence-corrected chi connectivity index (χ3v) is 5.32. The van der Waals surface area contributed by atoms with Crippen molar-refractivity contribution in [2.75, 3.05) is 11.5 Å². The summed E-state index contributed by atoms with van der Waals surface area (Å²) in [6.07, 6.45) is 1.89. The molecule has 0 bridgehead atoms. The standard InChI is InChI=1S/C24H36N2/c1-8-19-10-17(11-20(14(2)3)23(19)25)9-18-12-21(15(4)5)24(26)22(13-18)16(6)7/h10-16H,8-9,25-26H2,1-7H3. The maximum Gasteiger partial charge on any atom is 0.0384 e. The predicted molar refractivity (Wildman–Crippen MR) is 116 cm³/mol. The molecule has 2 heteroatoms. The van der Waals surface area contributed by atoms with Crippen LogP contribution in [0.4, 0.5) is 11.4 Å². The third-order valence-electron chi connectivity index (χ3n) is 5.32. The molecule has 0 fully saturated rings. The van der Waals surface area contributed by atoms with E-state index in [1.165, 1.54) is 33.4 Å². The largest absolute Gasteiger partial charge is 0.398 e. The summed E-state index contributed by atoms with van der Waals surface area (Å²) in [6.45, 7) is 15.5. The minimum atomic E-state index is 0.427. The first-order valence-electron chi connectivity index (χ1n) is 9.98. The van der Waals surface area contributed by atoms with Crippen LogP contribution in [0.2, 0.25) is 0 Å². The molecule has 2 aromatic carbocycles. The summed E-state index contributed by atoms with van der Waals surface area (Å²) in [5.74, 6) is 1.29. The van der Waals surface area contributed by atoms with Crippen LogP contribution in [0.3, 0.4) is 0 Å². The van der Waals surface area contributed by atoms with Crippen LogP contribution in [-0.2, 0) is 12.8 Å². The summed E-state index contributed by atoms with van der Waals surface area (Å²) in [5, 5.41) is 0. The van der Waals surface area contributed by atoms with Gasteiger partial charge in [0.25, 0.3) is 0 Å². The monoisotopic (exact) mass is 352 g/mol. The Bertz CT molecular complexity index is 741. The van der Waals surface area contributed by atoms with Crippen LogP contribution in [0, 0.1) is 0 Å². The van der Waals surface area contributed by atoms with Crippen molar-refractivity contribution in [1.29, 1.82) is 0 Å². The molecule has 0 aliphatic rings. The van der Waals surface area contributed by atoms with Crippen molar-refractivity contribution in [2.45, 2.75) is 79.1 Å². The molecular weight excluding hydrogens is 316 g/mol. The van der Waals surface area contributed by atoms with Gasteiger partial charge in [0.15, 0.2) is 0 Å². The van der Waals surface area contributed by atoms with E-state index < -0.39 is 0 Å². The quantitative estimate of drug-likeness (QED) is 0.593. The Labute approximate surface area is 160 Å². The lowest BCUT2D eigenvalue weighted by molar-refractivity contribution is 0.834. The van der Waals surface area contributed by atoms with Crippen molar-refractivity contribution < 1.29 is 0 Å². The summed E-state index contributed by atoms with van der Waals surface area (Å²) in [7, 11) is 0. The van der Waals surface area contributed by atoms with E-state index in [9.17, 15) is 0 Å². The van der Waals surface area contributed by atoms with Gasteiger partial charge in [0.2, 0.25) is 0 Å². The first-order chi connectivity index (χ1) is 12.1. The fourth-order valence-electron chi connectivity index (χ4n) is 3.73. The van der Waals surface area contributed by atoms with Gasteiger partial charge < -0.3 is 11.5 Å². The number of rotatable bonds is 6. The molecule has 2 rings (SSSR count). The Kier molecular flexibility index (Phi) is 6.39. The molecule has 142 valence electrons. The van der Waals surface area contributed by atoms with Gasteiger partial charge in [-0.05, 0) is 64.0 Å². The Morgan fingerprint density at radius 3 is 1.42 bits per heavy atom. The highest BCUT2D eigenvalue weighted by Crippen LogP contribution is 2.33. The van der Waals surface area contributed by atoms with Gasteiger partial charge in [-0.2, -0.15) is 0 Å². The second-order valence-corrected chi connectivity index (χ2v) is 8.44. The molecule has 0 unspecified atom stereocenters. The topological polar surface area (TPSA) is 52.0 Å². The second kappa shape index (κ2) is 8.16. The van der Waals surface area contributed by atoms with E-state index in [0.29, 0.717) is 17.8 Å². The number of hydrogen-bond acceptors (Lipinski definition) is 2. The van der Waals surface area contributed by atoms with E-state index in [2.05, 4.69) is 72.7 Å². The van der Waals surface area contributed by atoms with E-state index in [-0.39, 0.29) is 0 Å². The fraction of sp³-hybridized carbons (Fsp3) is 0.500. The van der Waals surface area contributed by atoms with Crippen LogP contribution in [0.5, 0.6) is 0 Å². The zero-order chi connectivity index (χ0) is 19.6. The minimum absolute atomic E-state index is 0.427. The van der Waals surface area contributed by atoms with E-state index in [0.717, 1.165) is 24.2 Å². The highest BCUT2D eigenvalue weighted by atomic mass is 14.6. The molecule has 0 saturated carbocycles. The molecule has 26 heavy (non-hydrogen) atoms. The number of nitrogens with two attached hydrogens (primary N) is 2. The van der Waals surface area contributed by atoms with Crippen LogP contribution in [0.15, 0.2) is 24.3 Å². The molecule has 0 heterocycles. The van der Waals surface area contributed by atoms with E-state index >= 15 is 0 Å². The van der Waals surface area contributed by atoms with Gasteiger partial charge in [0.05, 0.1) is 0 Å². The van der Waals surface area contributed by atoms with Crippen molar-refractivity contribution >= 4 is 11.4 Å². The summed E-state index contributed by atoms with van der Waals surface area (Å²) in [4.78, 5) is 0. The normalized spacial score (nSPS) is 11.8. The van der Waals surface area contributed by atoms with Crippen molar-refractivity contribution in [1.82, 2.24) is 0 Å². The zero-order valence-electron chi connectivity index (χ0n) is 17.6. The highest BCUT2D eigenvalue weighted by molar-refractivity contribution is 5.60. The molecule has 0 spiro atoms. The first kappa shape index (κ1) is 20.4. The third kappa shape index (κ3) is 4.23. The van der Waals surface area contributed by atoms with E-state index in [1.54, 1.807) is 0 Å².